The lowest BCUT2D eigenvalue weighted by Gasteiger charge is -2.22. The molecule has 0 bridgehead atoms. The topological polar surface area (TPSA) is 72.3 Å². The van der Waals surface area contributed by atoms with Gasteiger partial charge in [0.15, 0.2) is 11.6 Å². The monoisotopic (exact) mass is 513 g/mol. The van der Waals surface area contributed by atoms with Gasteiger partial charge in [-0.2, -0.15) is 0 Å². The second kappa shape index (κ2) is 9.72. The van der Waals surface area contributed by atoms with Gasteiger partial charge in [0.1, 0.15) is 22.8 Å². The molecule has 0 spiro atoms. The fourth-order valence-electron chi connectivity index (χ4n) is 4.71. The van der Waals surface area contributed by atoms with Crippen LogP contribution in [0.25, 0.3) is 22.3 Å². The molecule has 2 aromatic carbocycles. The van der Waals surface area contributed by atoms with Crippen LogP contribution in [0.3, 0.4) is 0 Å². The molecule has 0 radical (unpaired) electrons. The van der Waals surface area contributed by atoms with E-state index in [1.54, 1.807) is 12.1 Å². The van der Waals surface area contributed by atoms with Crippen LogP contribution in [0.4, 0.5) is 28.9 Å². The Morgan fingerprint density at radius 1 is 1.11 bits per heavy atom. The molecule has 1 aliphatic rings. The molecule has 1 saturated heterocycles. The van der Waals surface area contributed by atoms with Crippen LogP contribution in [0, 0.1) is 11.6 Å². The number of carbonyl (C=O) groups is 1. The average molecular weight is 513 g/mol. The number of rotatable bonds is 6. The molecular formula is C26H23F4N5O2. The summed E-state index contributed by atoms with van der Waals surface area (Å²) in [7, 11) is 2.83. The van der Waals surface area contributed by atoms with Gasteiger partial charge in [0.05, 0.1) is 35.1 Å². The maximum atomic E-state index is 15.6. The summed E-state index contributed by atoms with van der Waals surface area (Å²) < 4.78 is 63.7. The predicted octanol–water partition coefficient (Wildman–Crippen LogP) is 5.71. The van der Waals surface area contributed by atoms with Gasteiger partial charge in [-0.1, -0.05) is 6.07 Å². The van der Waals surface area contributed by atoms with E-state index in [9.17, 15) is 18.0 Å². The molecule has 1 aliphatic heterocycles. The van der Waals surface area contributed by atoms with Crippen molar-refractivity contribution in [3.05, 3.63) is 65.6 Å². The Morgan fingerprint density at radius 2 is 1.86 bits per heavy atom. The molecule has 192 valence electrons. The number of fused-ring (bicyclic) bond motifs is 1. The Kier molecular flexibility index (Phi) is 6.45. The highest BCUT2D eigenvalue weighted by Crippen LogP contribution is 2.39. The number of amides is 1. The van der Waals surface area contributed by atoms with E-state index in [1.165, 1.54) is 43.1 Å². The number of aromatic nitrogens is 3. The highest BCUT2D eigenvalue weighted by atomic mass is 19.3. The van der Waals surface area contributed by atoms with Crippen LogP contribution in [0.2, 0.25) is 0 Å². The molecule has 4 aromatic rings. The molecule has 0 saturated carbocycles. The maximum absolute atomic E-state index is 15.6. The van der Waals surface area contributed by atoms with Crippen LogP contribution in [-0.2, 0) is 7.05 Å². The Bertz CT molecular complexity index is 1500. The number of pyridine rings is 1. The molecule has 7 nitrogen and oxygen atoms in total. The zero-order chi connectivity index (χ0) is 26.3. The van der Waals surface area contributed by atoms with Crippen molar-refractivity contribution in [2.75, 3.05) is 30.4 Å². The molecule has 0 atom stereocenters. The minimum atomic E-state index is -2.78. The molecule has 1 N–H and O–H groups in total. The smallest absolute Gasteiger partial charge is 0.295 e. The number of nitrogens with zero attached hydrogens (tertiary/aromatic N) is 4. The number of hydrogen-bond donors (Lipinski definition) is 1. The third-order valence-corrected chi connectivity index (χ3v) is 6.49. The van der Waals surface area contributed by atoms with Crippen molar-refractivity contribution in [2.45, 2.75) is 19.3 Å². The lowest BCUT2D eigenvalue weighted by Crippen LogP contribution is -2.22. The quantitative estimate of drug-likeness (QED) is 0.335. The van der Waals surface area contributed by atoms with Crippen molar-refractivity contribution in [3.8, 4) is 17.0 Å². The van der Waals surface area contributed by atoms with Crippen LogP contribution >= 0.6 is 0 Å². The molecule has 37 heavy (non-hydrogen) atoms. The first-order valence-electron chi connectivity index (χ1n) is 11.6. The van der Waals surface area contributed by atoms with E-state index in [1.807, 2.05) is 4.90 Å². The summed E-state index contributed by atoms with van der Waals surface area (Å²) >= 11 is 0. The van der Waals surface area contributed by atoms with E-state index in [-0.39, 0.29) is 28.4 Å². The number of halogens is 4. The van der Waals surface area contributed by atoms with Crippen molar-refractivity contribution < 1.29 is 27.1 Å². The van der Waals surface area contributed by atoms with Gasteiger partial charge in [0, 0.05) is 26.3 Å². The summed E-state index contributed by atoms with van der Waals surface area (Å²) in [6.07, 6.45) is 0.217. The van der Waals surface area contributed by atoms with E-state index in [2.05, 4.69) is 15.3 Å². The van der Waals surface area contributed by atoms with E-state index in [4.69, 9.17) is 4.74 Å². The maximum Gasteiger partial charge on any atom is 0.295 e. The van der Waals surface area contributed by atoms with Gasteiger partial charge < -0.3 is 19.5 Å². The summed E-state index contributed by atoms with van der Waals surface area (Å²) in [4.78, 5) is 23.4. The van der Waals surface area contributed by atoms with E-state index < -0.39 is 24.0 Å². The van der Waals surface area contributed by atoms with Crippen molar-refractivity contribution in [1.29, 1.82) is 0 Å². The largest absolute Gasteiger partial charge is 0.496 e. The summed E-state index contributed by atoms with van der Waals surface area (Å²) in [5.41, 5.74) is 0.671. The van der Waals surface area contributed by atoms with Crippen molar-refractivity contribution in [2.24, 2.45) is 7.05 Å². The Labute approximate surface area is 209 Å². The highest BCUT2D eigenvalue weighted by molar-refractivity contribution is 6.09. The first kappa shape index (κ1) is 24.5. The SMILES string of the molecule is COc1cccc(F)c1-c1nccc(C(=O)Nc2ccc3c(nc(C(F)F)n3C)c2N2CCCC2)c1F. The molecule has 11 heteroatoms. The van der Waals surface area contributed by atoms with Gasteiger partial charge in [0.2, 0.25) is 0 Å². The van der Waals surface area contributed by atoms with Gasteiger partial charge >= 0.3 is 0 Å². The zero-order valence-electron chi connectivity index (χ0n) is 20.1. The molecular weight excluding hydrogens is 490 g/mol. The third-order valence-electron chi connectivity index (χ3n) is 6.49. The molecule has 0 aliphatic carbocycles. The van der Waals surface area contributed by atoms with Crippen LogP contribution in [0.5, 0.6) is 5.75 Å². The number of imidazole rings is 1. The van der Waals surface area contributed by atoms with E-state index in [0.717, 1.165) is 18.9 Å². The highest BCUT2D eigenvalue weighted by Gasteiger charge is 2.27. The average Bonchev–Trinajstić information content (AvgIpc) is 3.52. The molecule has 5 rings (SSSR count). The number of nitrogens with one attached hydrogen (secondary N) is 1. The Morgan fingerprint density at radius 3 is 2.57 bits per heavy atom. The van der Waals surface area contributed by atoms with Gasteiger partial charge in [-0.3, -0.25) is 9.78 Å². The summed E-state index contributed by atoms with van der Waals surface area (Å²) in [5.74, 6) is -2.90. The van der Waals surface area contributed by atoms with Crippen LogP contribution in [-0.4, -0.2) is 40.6 Å². The number of benzene rings is 2. The van der Waals surface area contributed by atoms with Crippen molar-refractivity contribution in [3.63, 3.8) is 0 Å². The third kappa shape index (κ3) is 4.24. The first-order valence-corrected chi connectivity index (χ1v) is 11.6. The van der Waals surface area contributed by atoms with E-state index in [0.29, 0.717) is 35.5 Å². The molecule has 1 fully saturated rings. The van der Waals surface area contributed by atoms with Gasteiger partial charge in [-0.25, -0.2) is 22.5 Å². The number of anilines is 2. The summed E-state index contributed by atoms with van der Waals surface area (Å²) in [6, 6.07) is 8.38. The number of ether oxygens (including phenoxy) is 1. The molecule has 0 unspecified atom stereocenters. The zero-order valence-corrected chi connectivity index (χ0v) is 20.1. The van der Waals surface area contributed by atoms with Crippen molar-refractivity contribution in [1.82, 2.24) is 14.5 Å². The Balaban J connectivity index is 1.58. The summed E-state index contributed by atoms with van der Waals surface area (Å²) in [6.45, 7) is 1.31. The summed E-state index contributed by atoms with van der Waals surface area (Å²) in [5, 5.41) is 2.71. The van der Waals surface area contributed by atoms with Gasteiger partial charge in [-0.05, 0) is 43.2 Å². The fourth-order valence-corrected chi connectivity index (χ4v) is 4.71. The predicted molar refractivity (Wildman–Crippen MR) is 131 cm³/mol. The first-order chi connectivity index (χ1) is 17.8. The lowest BCUT2D eigenvalue weighted by molar-refractivity contribution is 0.102. The molecule has 2 aromatic heterocycles. The van der Waals surface area contributed by atoms with E-state index >= 15 is 4.39 Å². The second-order valence-electron chi connectivity index (χ2n) is 8.65. The standard InChI is InChI=1S/C26H23F4N5O2/c1-34-17-9-8-16(23(35-12-3-4-13-35)21(17)33-25(34)24(29)30)32-26(36)14-10-11-31-22(20(14)28)19-15(27)6-5-7-18(19)37-2/h5-11,24H,3-4,12-13H2,1-2H3,(H,32,36). The van der Waals surface area contributed by atoms with Crippen LogP contribution in [0.1, 0.15) is 35.4 Å². The number of alkyl halides is 2. The number of hydrogen-bond acceptors (Lipinski definition) is 5. The lowest BCUT2D eigenvalue weighted by atomic mass is 10.1. The number of methoxy groups -OCH3 is 1. The minimum Gasteiger partial charge on any atom is -0.496 e. The molecule has 1 amide bonds. The fraction of sp³-hybridized carbons (Fsp3) is 0.269. The Hall–Kier alpha value is -4.15. The number of carbonyl (C=O) groups excluding carboxylic acids is 1. The minimum absolute atomic E-state index is 0.0655. The van der Waals surface area contributed by atoms with Gasteiger partial charge in [0.25, 0.3) is 12.3 Å². The van der Waals surface area contributed by atoms with Gasteiger partial charge in [-0.15, -0.1) is 0 Å². The van der Waals surface area contributed by atoms with Crippen molar-refractivity contribution >= 4 is 28.3 Å². The number of aryl methyl sites for hydroxylation is 1. The second-order valence-corrected chi connectivity index (χ2v) is 8.65. The van der Waals surface area contributed by atoms with Crippen LogP contribution in [0.15, 0.2) is 42.6 Å². The van der Waals surface area contributed by atoms with Crippen LogP contribution < -0.4 is 15.0 Å². The normalized spacial score (nSPS) is 13.5. The molecule has 3 heterocycles.